The zero-order chi connectivity index (χ0) is 15.2. The minimum atomic E-state index is -0.494. The molecule has 1 fully saturated rings. The minimum Gasteiger partial charge on any atom is -0.450 e. The van der Waals surface area contributed by atoms with E-state index in [0.29, 0.717) is 24.8 Å². The number of primary amides is 1. The van der Waals surface area contributed by atoms with Crippen LogP contribution in [0, 0.1) is 5.92 Å². The van der Waals surface area contributed by atoms with Gasteiger partial charge < -0.3 is 20.7 Å². The summed E-state index contributed by atoms with van der Waals surface area (Å²) in [5.41, 5.74) is 5.53. The van der Waals surface area contributed by atoms with E-state index in [1.807, 2.05) is 0 Å². The van der Waals surface area contributed by atoms with Crippen molar-refractivity contribution in [3.63, 3.8) is 0 Å². The number of piperidine rings is 1. The average molecular weight is 312 g/mol. The van der Waals surface area contributed by atoms with E-state index in [1.165, 1.54) is 11.3 Å². The van der Waals surface area contributed by atoms with E-state index >= 15 is 0 Å². The number of aromatic nitrogens is 1. The Morgan fingerprint density at radius 3 is 2.81 bits per heavy atom. The van der Waals surface area contributed by atoms with Crippen LogP contribution in [-0.4, -0.2) is 43.2 Å². The third kappa shape index (κ3) is 4.32. The molecule has 0 aromatic carbocycles. The van der Waals surface area contributed by atoms with Gasteiger partial charge in [0, 0.05) is 25.0 Å². The van der Waals surface area contributed by atoms with Crippen molar-refractivity contribution in [2.45, 2.75) is 19.8 Å². The lowest BCUT2D eigenvalue weighted by Gasteiger charge is -2.31. The lowest BCUT2D eigenvalue weighted by atomic mass is 9.97. The van der Waals surface area contributed by atoms with E-state index in [1.54, 1.807) is 12.3 Å². The van der Waals surface area contributed by atoms with Gasteiger partial charge in [-0.1, -0.05) is 0 Å². The number of hydrogen-bond donors (Lipinski definition) is 2. The molecular formula is C13H20N4O3S. The fourth-order valence-corrected chi connectivity index (χ4v) is 3.13. The molecule has 1 aromatic rings. The van der Waals surface area contributed by atoms with Gasteiger partial charge in [0.2, 0.25) is 0 Å². The smallest absolute Gasteiger partial charge is 0.407 e. The predicted molar refractivity (Wildman–Crippen MR) is 80.6 cm³/mol. The van der Waals surface area contributed by atoms with Gasteiger partial charge in [0.05, 0.1) is 6.61 Å². The number of anilines is 1. The van der Waals surface area contributed by atoms with Gasteiger partial charge in [-0.25, -0.2) is 9.78 Å². The Kier molecular flexibility index (Phi) is 5.38. The number of thiazole rings is 1. The van der Waals surface area contributed by atoms with Gasteiger partial charge in [0.15, 0.2) is 5.13 Å². The number of nitrogens with zero attached hydrogens (tertiary/aromatic N) is 2. The molecule has 1 aliphatic heterocycles. The molecule has 0 saturated carbocycles. The molecule has 2 amide bonds. The molecular weight excluding hydrogens is 292 g/mol. The number of nitrogens with one attached hydrogen (secondary N) is 1. The largest absolute Gasteiger partial charge is 0.450 e. The van der Waals surface area contributed by atoms with Crippen molar-refractivity contribution in [2.24, 2.45) is 11.7 Å². The van der Waals surface area contributed by atoms with Crippen LogP contribution in [0.25, 0.3) is 0 Å². The second-order valence-electron chi connectivity index (χ2n) is 4.91. The maximum absolute atomic E-state index is 11.2. The summed E-state index contributed by atoms with van der Waals surface area (Å²) in [5, 5.41) is 5.29. The Balaban J connectivity index is 1.77. The number of alkyl carbamates (subject to hydrolysis) is 1. The van der Waals surface area contributed by atoms with Gasteiger partial charge in [0.25, 0.3) is 5.91 Å². The fraction of sp³-hybridized carbons (Fsp3) is 0.615. The first kappa shape index (κ1) is 15.6. The lowest BCUT2D eigenvalue weighted by molar-refractivity contribution is 0.0996. The second-order valence-corrected chi connectivity index (χ2v) is 5.75. The quantitative estimate of drug-likeness (QED) is 0.851. The molecule has 7 nitrogen and oxygen atoms in total. The topological polar surface area (TPSA) is 97.6 Å². The number of ether oxygens (including phenoxy) is 1. The van der Waals surface area contributed by atoms with E-state index in [-0.39, 0.29) is 6.09 Å². The summed E-state index contributed by atoms with van der Waals surface area (Å²) in [6, 6.07) is 0. The highest BCUT2D eigenvalue weighted by molar-refractivity contribution is 7.13. The first-order chi connectivity index (χ1) is 10.1. The lowest BCUT2D eigenvalue weighted by Crippen LogP contribution is -2.38. The Labute approximate surface area is 127 Å². The molecule has 116 valence electrons. The van der Waals surface area contributed by atoms with Gasteiger partial charge in [-0.3, -0.25) is 4.79 Å². The monoisotopic (exact) mass is 312 g/mol. The van der Waals surface area contributed by atoms with Crippen molar-refractivity contribution in [3.05, 3.63) is 11.1 Å². The zero-order valence-corrected chi connectivity index (χ0v) is 12.8. The number of nitrogens with two attached hydrogens (primary N) is 1. The molecule has 1 saturated heterocycles. The SMILES string of the molecule is CCOC(=O)NCC1CCN(c2nc(C(N)=O)cs2)CC1. The van der Waals surface area contributed by atoms with Crippen molar-refractivity contribution in [3.8, 4) is 0 Å². The molecule has 2 rings (SSSR count). The molecule has 0 unspecified atom stereocenters. The number of amides is 2. The maximum atomic E-state index is 11.2. The Morgan fingerprint density at radius 2 is 2.24 bits per heavy atom. The molecule has 1 aromatic heterocycles. The van der Waals surface area contributed by atoms with Gasteiger partial charge in [0.1, 0.15) is 5.69 Å². The molecule has 2 heterocycles. The van der Waals surface area contributed by atoms with Crippen LogP contribution in [0.1, 0.15) is 30.3 Å². The van der Waals surface area contributed by atoms with E-state index in [4.69, 9.17) is 10.5 Å². The molecule has 0 spiro atoms. The molecule has 8 heteroatoms. The highest BCUT2D eigenvalue weighted by Crippen LogP contribution is 2.26. The first-order valence-electron chi connectivity index (χ1n) is 7.01. The molecule has 0 atom stereocenters. The average Bonchev–Trinajstić information content (AvgIpc) is 2.96. The molecule has 0 radical (unpaired) electrons. The van der Waals surface area contributed by atoms with Crippen LogP contribution in [0.2, 0.25) is 0 Å². The number of rotatable bonds is 5. The van der Waals surface area contributed by atoms with Crippen molar-refractivity contribution >= 4 is 28.5 Å². The summed E-state index contributed by atoms with van der Waals surface area (Å²) < 4.78 is 4.84. The van der Waals surface area contributed by atoms with Crippen LogP contribution in [0.5, 0.6) is 0 Å². The van der Waals surface area contributed by atoms with Crippen molar-refractivity contribution in [1.82, 2.24) is 10.3 Å². The normalized spacial score (nSPS) is 15.8. The van der Waals surface area contributed by atoms with Crippen molar-refractivity contribution in [1.29, 1.82) is 0 Å². The molecule has 0 bridgehead atoms. The Hall–Kier alpha value is -1.83. The Bertz CT molecular complexity index is 497. The summed E-state index contributed by atoms with van der Waals surface area (Å²) in [5.74, 6) is -0.0488. The summed E-state index contributed by atoms with van der Waals surface area (Å²) in [6.07, 6.45) is 1.58. The predicted octanol–water partition coefficient (Wildman–Crippen LogP) is 1.20. The highest BCUT2D eigenvalue weighted by Gasteiger charge is 2.22. The van der Waals surface area contributed by atoms with E-state index in [0.717, 1.165) is 31.1 Å². The number of carbonyl (C=O) groups excluding carboxylic acids is 2. The van der Waals surface area contributed by atoms with Crippen LogP contribution in [0.4, 0.5) is 9.93 Å². The van der Waals surface area contributed by atoms with Gasteiger partial charge >= 0.3 is 6.09 Å². The first-order valence-corrected chi connectivity index (χ1v) is 7.89. The van der Waals surface area contributed by atoms with Gasteiger partial charge in [-0.05, 0) is 25.7 Å². The number of carbonyl (C=O) groups is 2. The van der Waals surface area contributed by atoms with E-state index in [2.05, 4.69) is 15.2 Å². The van der Waals surface area contributed by atoms with Crippen LogP contribution >= 0.6 is 11.3 Å². The third-order valence-corrected chi connectivity index (χ3v) is 4.34. The summed E-state index contributed by atoms with van der Waals surface area (Å²) in [4.78, 5) is 28.7. The van der Waals surface area contributed by atoms with Crippen LogP contribution in [-0.2, 0) is 4.74 Å². The zero-order valence-electron chi connectivity index (χ0n) is 12.0. The molecule has 3 N–H and O–H groups in total. The van der Waals surface area contributed by atoms with Gasteiger partial charge in [-0.2, -0.15) is 0 Å². The highest BCUT2D eigenvalue weighted by atomic mass is 32.1. The van der Waals surface area contributed by atoms with E-state index in [9.17, 15) is 9.59 Å². The Morgan fingerprint density at radius 1 is 1.52 bits per heavy atom. The van der Waals surface area contributed by atoms with Crippen LogP contribution in [0.3, 0.4) is 0 Å². The summed E-state index contributed by atoms with van der Waals surface area (Å²) in [6.45, 7) is 4.53. The number of hydrogen-bond acceptors (Lipinski definition) is 6. The third-order valence-electron chi connectivity index (χ3n) is 3.44. The summed E-state index contributed by atoms with van der Waals surface area (Å²) >= 11 is 1.43. The van der Waals surface area contributed by atoms with Crippen LogP contribution in [0.15, 0.2) is 5.38 Å². The van der Waals surface area contributed by atoms with Crippen molar-refractivity contribution < 1.29 is 14.3 Å². The van der Waals surface area contributed by atoms with Crippen LogP contribution < -0.4 is 16.0 Å². The van der Waals surface area contributed by atoms with E-state index < -0.39 is 5.91 Å². The second kappa shape index (κ2) is 7.26. The molecule has 21 heavy (non-hydrogen) atoms. The minimum absolute atomic E-state index is 0.320. The molecule has 1 aliphatic rings. The molecule has 0 aliphatic carbocycles. The summed E-state index contributed by atoms with van der Waals surface area (Å²) in [7, 11) is 0. The van der Waals surface area contributed by atoms with Gasteiger partial charge in [-0.15, -0.1) is 11.3 Å². The standard InChI is InChI=1S/C13H20N4O3S/c1-2-20-13(19)15-7-9-3-5-17(6-4-9)12-16-10(8-21-12)11(14)18/h8-9H,2-7H2,1H3,(H2,14,18)(H,15,19). The maximum Gasteiger partial charge on any atom is 0.407 e. The fourth-order valence-electron chi connectivity index (χ4n) is 2.26. The van der Waals surface area contributed by atoms with Crippen molar-refractivity contribution in [2.75, 3.05) is 31.1 Å².